The largest absolute Gasteiger partial charge is 0.325 e. The smallest absolute Gasteiger partial charge is 0.238 e. The van der Waals surface area contributed by atoms with Crippen molar-refractivity contribution in [2.75, 3.05) is 38.0 Å². The van der Waals surface area contributed by atoms with E-state index < -0.39 is 0 Å². The number of amides is 1. The van der Waals surface area contributed by atoms with Gasteiger partial charge < -0.3 is 10.6 Å². The molecule has 114 valence electrons. The maximum absolute atomic E-state index is 12.2. The quantitative estimate of drug-likeness (QED) is 0.767. The van der Waals surface area contributed by atoms with E-state index in [4.69, 9.17) is 0 Å². The SMILES string of the molecule is Cc1cc(I)ccc1NC(=O)CN1CCC2(CCNC2)C1. The molecule has 2 heterocycles. The van der Waals surface area contributed by atoms with Gasteiger partial charge in [-0.1, -0.05) is 0 Å². The molecule has 21 heavy (non-hydrogen) atoms. The van der Waals surface area contributed by atoms with Crippen LogP contribution in [-0.2, 0) is 4.79 Å². The fourth-order valence-electron chi connectivity index (χ4n) is 3.47. The zero-order chi connectivity index (χ0) is 14.9. The highest BCUT2D eigenvalue weighted by Crippen LogP contribution is 2.35. The van der Waals surface area contributed by atoms with Crippen LogP contribution >= 0.6 is 22.6 Å². The van der Waals surface area contributed by atoms with Crippen LogP contribution in [0.5, 0.6) is 0 Å². The summed E-state index contributed by atoms with van der Waals surface area (Å²) in [5, 5.41) is 6.50. The van der Waals surface area contributed by atoms with Crippen LogP contribution < -0.4 is 10.6 Å². The lowest BCUT2D eigenvalue weighted by molar-refractivity contribution is -0.117. The van der Waals surface area contributed by atoms with Gasteiger partial charge in [-0.15, -0.1) is 0 Å². The second kappa shape index (κ2) is 6.22. The number of rotatable bonds is 3. The van der Waals surface area contributed by atoms with Crippen molar-refractivity contribution in [3.05, 3.63) is 27.3 Å². The zero-order valence-corrected chi connectivity index (χ0v) is 14.6. The van der Waals surface area contributed by atoms with Crippen molar-refractivity contribution >= 4 is 34.2 Å². The van der Waals surface area contributed by atoms with Crippen LogP contribution in [-0.4, -0.2) is 43.5 Å². The number of nitrogens with one attached hydrogen (secondary N) is 2. The van der Waals surface area contributed by atoms with Crippen molar-refractivity contribution in [1.82, 2.24) is 10.2 Å². The number of carbonyl (C=O) groups is 1. The highest BCUT2D eigenvalue weighted by molar-refractivity contribution is 14.1. The number of aryl methyl sites for hydroxylation is 1. The zero-order valence-electron chi connectivity index (χ0n) is 12.4. The van der Waals surface area contributed by atoms with E-state index in [1.807, 2.05) is 19.1 Å². The van der Waals surface area contributed by atoms with Crippen LogP contribution in [0.15, 0.2) is 18.2 Å². The first kappa shape index (κ1) is 15.2. The van der Waals surface area contributed by atoms with Gasteiger partial charge in [0.2, 0.25) is 5.91 Å². The summed E-state index contributed by atoms with van der Waals surface area (Å²) in [6, 6.07) is 6.10. The van der Waals surface area contributed by atoms with Gasteiger partial charge >= 0.3 is 0 Å². The minimum absolute atomic E-state index is 0.0994. The van der Waals surface area contributed by atoms with E-state index in [2.05, 4.69) is 44.2 Å². The van der Waals surface area contributed by atoms with Gasteiger partial charge in [0, 0.05) is 22.3 Å². The molecule has 5 heteroatoms. The van der Waals surface area contributed by atoms with Crippen LogP contribution in [0.4, 0.5) is 5.69 Å². The summed E-state index contributed by atoms with van der Waals surface area (Å²) in [5.41, 5.74) is 2.48. The third-order valence-corrected chi connectivity index (χ3v) is 5.35. The molecule has 1 amide bonds. The van der Waals surface area contributed by atoms with Gasteiger partial charge in [-0.05, 0) is 84.6 Å². The van der Waals surface area contributed by atoms with Gasteiger partial charge in [-0.2, -0.15) is 0 Å². The lowest BCUT2D eigenvalue weighted by Crippen LogP contribution is -2.34. The van der Waals surface area contributed by atoms with Crippen LogP contribution in [0.1, 0.15) is 18.4 Å². The molecule has 0 aliphatic carbocycles. The first-order valence-electron chi connectivity index (χ1n) is 7.55. The van der Waals surface area contributed by atoms with Crippen LogP contribution in [0.2, 0.25) is 0 Å². The highest BCUT2D eigenvalue weighted by Gasteiger charge is 2.40. The van der Waals surface area contributed by atoms with Gasteiger partial charge in [0.1, 0.15) is 0 Å². The molecule has 3 rings (SSSR count). The molecule has 0 saturated carbocycles. The molecule has 2 saturated heterocycles. The van der Waals surface area contributed by atoms with E-state index in [0.717, 1.165) is 37.4 Å². The molecule has 2 fully saturated rings. The second-order valence-corrected chi connectivity index (χ2v) is 7.64. The Hall–Kier alpha value is -0.660. The molecule has 1 atom stereocenters. The number of anilines is 1. The molecule has 1 spiro atoms. The van der Waals surface area contributed by atoms with Gasteiger partial charge in [0.15, 0.2) is 0 Å². The average molecular weight is 399 g/mol. The number of halogens is 1. The predicted octanol–water partition coefficient (Wildman–Crippen LogP) is 2.22. The second-order valence-electron chi connectivity index (χ2n) is 6.39. The monoisotopic (exact) mass is 399 g/mol. The molecular weight excluding hydrogens is 377 g/mol. The number of hydrogen-bond donors (Lipinski definition) is 2. The molecule has 1 aromatic carbocycles. The van der Waals surface area contributed by atoms with Crippen LogP contribution in [0.3, 0.4) is 0 Å². The summed E-state index contributed by atoms with van der Waals surface area (Å²) in [6.45, 7) is 6.88. The molecule has 1 unspecified atom stereocenters. The Balaban J connectivity index is 1.55. The molecule has 0 aromatic heterocycles. The standard InChI is InChI=1S/C16H22IN3O/c1-12-8-13(17)2-3-14(12)19-15(21)9-20-7-5-16(11-20)4-6-18-10-16/h2-3,8,18H,4-7,9-11H2,1H3,(H,19,21). The van der Waals surface area contributed by atoms with Crippen molar-refractivity contribution in [1.29, 1.82) is 0 Å². The summed E-state index contributed by atoms with van der Waals surface area (Å²) in [7, 11) is 0. The Morgan fingerprint density at radius 3 is 3.05 bits per heavy atom. The van der Waals surface area contributed by atoms with Crippen LogP contribution in [0.25, 0.3) is 0 Å². The Morgan fingerprint density at radius 1 is 1.48 bits per heavy atom. The van der Waals surface area contributed by atoms with E-state index >= 15 is 0 Å². The first-order chi connectivity index (χ1) is 10.1. The topological polar surface area (TPSA) is 44.4 Å². The number of carbonyl (C=O) groups excluding carboxylic acids is 1. The summed E-state index contributed by atoms with van der Waals surface area (Å²) < 4.78 is 1.19. The summed E-state index contributed by atoms with van der Waals surface area (Å²) in [5.74, 6) is 0.0994. The van der Waals surface area contributed by atoms with Crippen molar-refractivity contribution in [3.8, 4) is 0 Å². The summed E-state index contributed by atoms with van der Waals surface area (Å²) >= 11 is 2.29. The average Bonchev–Trinajstić information content (AvgIpc) is 3.04. The maximum atomic E-state index is 12.2. The number of likely N-dealkylation sites (tertiary alicyclic amines) is 1. The molecule has 2 aliphatic rings. The van der Waals surface area contributed by atoms with Crippen LogP contribution in [0, 0.1) is 15.9 Å². The van der Waals surface area contributed by atoms with Gasteiger partial charge in [0.25, 0.3) is 0 Å². The van der Waals surface area contributed by atoms with Gasteiger partial charge in [0.05, 0.1) is 6.54 Å². The fraction of sp³-hybridized carbons (Fsp3) is 0.562. The summed E-state index contributed by atoms with van der Waals surface area (Å²) in [6.07, 6.45) is 2.47. The maximum Gasteiger partial charge on any atom is 0.238 e. The third-order valence-electron chi connectivity index (χ3n) is 4.68. The van der Waals surface area contributed by atoms with E-state index in [9.17, 15) is 4.79 Å². The van der Waals surface area contributed by atoms with E-state index in [1.54, 1.807) is 0 Å². The van der Waals surface area contributed by atoms with Gasteiger partial charge in [-0.3, -0.25) is 9.69 Å². The molecule has 4 nitrogen and oxygen atoms in total. The number of nitrogens with zero attached hydrogens (tertiary/aromatic N) is 1. The lowest BCUT2D eigenvalue weighted by Gasteiger charge is -2.22. The normalized spacial score (nSPS) is 25.6. The minimum Gasteiger partial charge on any atom is -0.325 e. The molecule has 0 bridgehead atoms. The molecule has 2 N–H and O–H groups in total. The van der Waals surface area contributed by atoms with E-state index in [-0.39, 0.29) is 5.91 Å². The number of benzene rings is 1. The van der Waals surface area contributed by atoms with Crippen molar-refractivity contribution in [2.45, 2.75) is 19.8 Å². The van der Waals surface area contributed by atoms with Crippen molar-refractivity contribution in [3.63, 3.8) is 0 Å². The van der Waals surface area contributed by atoms with E-state index in [0.29, 0.717) is 12.0 Å². The van der Waals surface area contributed by atoms with E-state index in [1.165, 1.54) is 16.4 Å². The molecular formula is C16H22IN3O. The Bertz CT molecular complexity index is 540. The van der Waals surface area contributed by atoms with Crippen molar-refractivity contribution < 1.29 is 4.79 Å². The molecule has 0 radical (unpaired) electrons. The Kier molecular flexibility index (Phi) is 4.51. The minimum atomic E-state index is 0.0994. The third kappa shape index (κ3) is 3.57. The predicted molar refractivity (Wildman–Crippen MR) is 93.5 cm³/mol. The Labute approximate surface area is 139 Å². The molecule has 1 aromatic rings. The van der Waals surface area contributed by atoms with Crippen molar-refractivity contribution in [2.24, 2.45) is 5.41 Å². The highest BCUT2D eigenvalue weighted by atomic mass is 127. The lowest BCUT2D eigenvalue weighted by atomic mass is 9.87. The summed E-state index contributed by atoms with van der Waals surface area (Å²) in [4.78, 5) is 14.5. The molecule has 2 aliphatic heterocycles. The van der Waals surface area contributed by atoms with Gasteiger partial charge in [-0.25, -0.2) is 0 Å². The number of hydrogen-bond acceptors (Lipinski definition) is 3. The first-order valence-corrected chi connectivity index (χ1v) is 8.63. The fourth-order valence-corrected chi connectivity index (χ4v) is 4.11. The Morgan fingerprint density at radius 2 is 2.33 bits per heavy atom.